The van der Waals surface area contributed by atoms with Crippen LogP contribution in [0.3, 0.4) is 0 Å². The maximum atomic E-state index is 2.79. The minimum absolute atomic E-state index is 0.0661. The fourth-order valence-corrected chi connectivity index (χ4v) is 13.1. The van der Waals surface area contributed by atoms with Gasteiger partial charge >= 0.3 is 13.7 Å². The number of para-hydroxylation sites is 4. The zero-order chi connectivity index (χ0) is 43.1. The van der Waals surface area contributed by atoms with Crippen LogP contribution >= 0.6 is 0 Å². The van der Waals surface area contributed by atoms with Gasteiger partial charge in [-0.3, -0.25) is 0 Å². The van der Waals surface area contributed by atoms with Gasteiger partial charge in [-0.15, -0.1) is 0 Å². The number of nitrogens with zero attached hydrogens (tertiary/aromatic N) is 4. The Morgan fingerprint density at radius 2 is 0.727 bits per heavy atom. The highest BCUT2D eigenvalue weighted by Crippen LogP contribution is 2.52. The molecule has 0 amide bonds. The third kappa shape index (κ3) is 4.20. The molecule has 4 aliphatic rings. The highest BCUT2D eigenvalue weighted by atomic mass is 15.2. The molecule has 304 valence electrons. The topological polar surface area (TPSA) is 16.3 Å². The van der Waals surface area contributed by atoms with Gasteiger partial charge < -0.3 is 18.8 Å². The molecular formula is C60H38B2N4. The third-order valence-corrected chi connectivity index (χ3v) is 15.6. The Labute approximate surface area is 382 Å². The Kier molecular flexibility index (Phi) is 6.57. The fourth-order valence-electron chi connectivity index (χ4n) is 13.1. The standard InChI is InChI=1S/C60H38B2N4/c1-35-27-29-49-55-53(35)43-23-13-25-45-57(43)65(61(55)47-31-37-15-9-11-17-39(37)33-51(47)63(49)41-19-5-3-6-20-41)60-46-26-14-24-44-54-36(2)28-30-50-56(54)62(66(58(44)46)59(45)60)48-32-38-16-10-12-18-40(38)34-52(48)64(50)42-21-7-4-8-22-42/h3-34H,1-2H3. The molecule has 0 bridgehead atoms. The number of fused-ring (bicyclic) bond motifs is 15. The van der Waals surface area contributed by atoms with Crippen molar-refractivity contribution >= 4 is 124 Å². The molecule has 0 saturated carbocycles. The highest BCUT2D eigenvalue weighted by molar-refractivity contribution is 6.92. The van der Waals surface area contributed by atoms with Crippen molar-refractivity contribution < 1.29 is 0 Å². The normalized spacial score (nSPS) is 13.8. The largest absolute Gasteiger partial charge is 0.374 e. The van der Waals surface area contributed by atoms with Gasteiger partial charge in [0, 0.05) is 67.1 Å². The molecule has 0 atom stereocenters. The average Bonchev–Trinajstić information content (AvgIpc) is 3.88. The molecule has 12 aromatic rings. The summed E-state index contributed by atoms with van der Waals surface area (Å²) in [6.45, 7) is 4.50. The smallest absolute Gasteiger partial charge is 0.333 e. The molecule has 4 aliphatic heterocycles. The molecule has 0 N–H and O–H groups in total. The first-order valence-electron chi connectivity index (χ1n) is 23.3. The zero-order valence-electron chi connectivity index (χ0n) is 36.4. The van der Waals surface area contributed by atoms with Gasteiger partial charge in [0.15, 0.2) is 0 Å². The van der Waals surface area contributed by atoms with Gasteiger partial charge in [-0.2, -0.15) is 0 Å². The fraction of sp³-hybridized carbons (Fsp3) is 0.0333. The lowest BCUT2D eigenvalue weighted by Crippen LogP contribution is -2.57. The lowest BCUT2D eigenvalue weighted by atomic mass is 9.44. The van der Waals surface area contributed by atoms with Crippen LogP contribution < -0.4 is 31.7 Å². The van der Waals surface area contributed by atoms with E-state index < -0.39 is 0 Å². The van der Waals surface area contributed by atoms with E-state index in [0.717, 1.165) is 0 Å². The first-order valence-corrected chi connectivity index (χ1v) is 23.3. The van der Waals surface area contributed by atoms with E-state index in [-0.39, 0.29) is 13.7 Å². The molecule has 10 aromatic carbocycles. The van der Waals surface area contributed by atoms with Gasteiger partial charge in [-0.1, -0.05) is 146 Å². The summed E-state index contributed by atoms with van der Waals surface area (Å²) in [7, 11) is 0. The molecule has 6 heteroatoms. The third-order valence-electron chi connectivity index (χ3n) is 15.6. The first kappa shape index (κ1) is 35.2. The summed E-state index contributed by atoms with van der Waals surface area (Å²) in [6.07, 6.45) is 0. The SMILES string of the molecule is Cc1ccc2c3c1-c1cccc4c1n(c1c5cccc6c5n(c41)B1c4cc5ccccc5cc4N(c4ccccc4)c4ccc(C)c-6c41)B3c1cc3ccccc3cc1N2c1ccccc1. The molecule has 0 saturated heterocycles. The van der Waals surface area contributed by atoms with Crippen LogP contribution in [0.2, 0.25) is 0 Å². The van der Waals surface area contributed by atoms with E-state index in [9.17, 15) is 0 Å². The average molecular weight is 837 g/mol. The predicted octanol–water partition coefficient (Wildman–Crippen LogP) is 12.5. The second-order valence-electron chi connectivity index (χ2n) is 18.9. The van der Waals surface area contributed by atoms with E-state index in [2.05, 4.69) is 227 Å². The van der Waals surface area contributed by atoms with Crippen molar-refractivity contribution in [3.8, 4) is 22.3 Å². The maximum Gasteiger partial charge on any atom is 0.333 e. The van der Waals surface area contributed by atoms with Crippen molar-refractivity contribution in [1.82, 2.24) is 8.96 Å². The molecule has 6 heterocycles. The van der Waals surface area contributed by atoms with Gasteiger partial charge in [0.25, 0.3) is 0 Å². The number of aryl methyl sites for hydroxylation is 2. The number of hydrogen-bond acceptors (Lipinski definition) is 2. The van der Waals surface area contributed by atoms with Crippen molar-refractivity contribution in [1.29, 1.82) is 0 Å². The quantitative estimate of drug-likeness (QED) is 0.161. The molecule has 0 spiro atoms. The number of benzene rings is 10. The van der Waals surface area contributed by atoms with Gasteiger partial charge in [0.05, 0.1) is 11.0 Å². The lowest BCUT2D eigenvalue weighted by molar-refractivity contribution is 1.25. The summed E-state index contributed by atoms with van der Waals surface area (Å²) in [5, 5.41) is 7.62. The van der Waals surface area contributed by atoms with E-state index in [4.69, 9.17) is 0 Å². The van der Waals surface area contributed by atoms with Crippen molar-refractivity contribution in [2.24, 2.45) is 0 Å². The summed E-state index contributed by atoms with van der Waals surface area (Å²) < 4.78 is 5.57. The van der Waals surface area contributed by atoms with Crippen LogP contribution in [0.25, 0.3) is 76.6 Å². The highest BCUT2D eigenvalue weighted by Gasteiger charge is 2.48. The number of hydrogen-bond donors (Lipinski definition) is 0. The van der Waals surface area contributed by atoms with Crippen molar-refractivity contribution in [2.75, 3.05) is 9.80 Å². The first-order chi connectivity index (χ1) is 32.6. The van der Waals surface area contributed by atoms with E-state index in [1.807, 2.05) is 0 Å². The van der Waals surface area contributed by atoms with E-state index in [1.54, 1.807) is 0 Å². The van der Waals surface area contributed by atoms with E-state index >= 15 is 0 Å². The summed E-state index contributed by atoms with van der Waals surface area (Å²) in [4.78, 5) is 5.06. The van der Waals surface area contributed by atoms with E-state index in [0.29, 0.717) is 0 Å². The summed E-state index contributed by atoms with van der Waals surface area (Å²) >= 11 is 0. The maximum absolute atomic E-state index is 2.79. The van der Waals surface area contributed by atoms with E-state index in [1.165, 1.54) is 144 Å². The van der Waals surface area contributed by atoms with Crippen LogP contribution in [-0.4, -0.2) is 22.7 Å². The molecule has 2 aromatic heterocycles. The second-order valence-corrected chi connectivity index (χ2v) is 18.9. The second kappa shape index (κ2) is 12.3. The molecule has 16 rings (SSSR count). The minimum Gasteiger partial charge on any atom is -0.374 e. The zero-order valence-corrected chi connectivity index (χ0v) is 36.4. The summed E-state index contributed by atoms with van der Waals surface area (Å²) in [5.41, 5.74) is 25.9. The van der Waals surface area contributed by atoms with Gasteiger partial charge in [0.1, 0.15) is 0 Å². The van der Waals surface area contributed by atoms with Gasteiger partial charge in [-0.25, -0.2) is 0 Å². The van der Waals surface area contributed by atoms with Crippen LogP contribution in [0.15, 0.2) is 194 Å². The van der Waals surface area contributed by atoms with Crippen LogP contribution in [0, 0.1) is 13.8 Å². The van der Waals surface area contributed by atoms with Crippen molar-refractivity contribution in [3.63, 3.8) is 0 Å². The van der Waals surface area contributed by atoms with Crippen molar-refractivity contribution in [3.05, 3.63) is 205 Å². The summed E-state index contributed by atoms with van der Waals surface area (Å²) in [5.74, 6) is 0. The Hall–Kier alpha value is -8.21. The minimum atomic E-state index is -0.0661. The Morgan fingerprint density at radius 1 is 0.333 bits per heavy atom. The monoisotopic (exact) mass is 836 g/mol. The number of rotatable bonds is 2. The molecule has 4 nitrogen and oxygen atoms in total. The van der Waals surface area contributed by atoms with Crippen molar-refractivity contribution in [2.45, 2.75) is 13.8 Å². The van der Waals surface area contributed by atoms with Crippen LogP contribution in [0.1, 0.15) is 11.1 Å². The van der Waals surface area contributed by atoms with Crippen LogP contribution in [0.4, 0.5) is 34.1 Å². The van der Waals surface area contributed by atoms with Crippen LogP contribution in [0.5, 0.6) is 0 Å². The Bertz CT molecular complexity index is 3900. The Balaban J connectivity index is 1.09. The number of anilines is 6. The van der Waals surface area contributed by atoms with Gasteiger partial charge in [0.2, 0.25) is 0 Å². The predicted molar refractivity (Wildman–Crippen MR) is 281 cm³/mol. The molecular weight excluding hydrogens is 798 g/mol. The number of aromatic nitrogens is 2. The molecule has 66 heavy (non-hydrogen) atoms. The summed E-state index contributed by atoms with van der Waals surface area (Å²) in [6, 6.07) is 73.4. The molecule has 0 aliphatic carbocycles. The lowest BCUT2D eigenvalue weighted by Gasteiger charge is -2.41. The molecule has 0 unspecified atom stereocenters. The molecule has 0 radical (unpaired) electrons. The van der Waals surface area contributed by atoms with Gasteiger partial charge in [-0.05, 0) is 128 Å². The Morgan fingerprint density at radius 3 is 1.15 bits per heavy atom. The van der Waals surface area contributed by atoms with Crippen LogP contribution in [-0.2, 0) is 0 Å². The molecule has 0 fully saturated rings.